The van der Waals surface area contributed by atoms with Crippen molar-refractivity contribution in [2.75, 3.05) is 0 Å². The largest absolute Gasteiger partial charge is 0.461 e. The maximum atomic E-state index is 11.5. The molecule has 2 rings (SSSR count). The fourth-order valence-electron chi connectivity index (χ4n) is 1.44. The highest BCUT2D eigenvalue weighted by Gasteiger charge is 2.05. The zero-order chi connectivity index (χ0) is 11.9. The molecule has 86 valence electrons. The van der Waals surface area contributed by atoms with Gasteiger partial charge in [-0.2, -0.15) is 0 Å². The number of carbonyl (C=O) groups is 1. The van der Waals surface area contributed by atoms with Gasteiger partial charge in [0.05, 0.1) is 12.8 Å². The van der Waals surface area contributed by atoms with Gasteiger partial charge in [-0.1, -0.05) is 30.3 Å². The van der Waals surface area contributed by atoms with Gasteiger partial charge in [-0.3, -0.25) is 9.79 Å². The van der Waals surface area contributed by atoms with Crippen molar-refractivity contribution in [2.24, 2.45) is 4.99 Å². The third-order valence-corrected chi connectivity index (χ3v) is 2.32. The molecular formula is C14H13NO2. The van der Waals surface area contributed by atoms with E-state index in [0.717, 1.165) is 5.56 Å². The summed E-state index contributed by atoms with van der Waals surface area (Å²) < 4.78 is 5.00. The van der Waals surface area contributed by atoms with E-state index in [-0.39, 0.29) is 12.2 Å². The average Bonchev–Trinajstić information content (AvgIpc) is 2.89. The quantitative estimate of drug-likeness (QED) is 0.581. The first kappa shape index (κ1) is 11.3. The van der Waals surface area contributed by atoms with Crippen LogP contribution in [-0.4, -0.2) is 12.0 Å². The summed E-state index contributed by atoms with van der Waals surface area (Å²) in [5.41, 5.74) is 1.13. The molecule has 17 heavy (non-hydrogen) atoms. The summed E-state index contributed by atoms with van der Waals surface area (Å²) in [6, 6.07) is 13.3. The van der Waals surface area contributed by atoms with Crippen LogP contribution in [0.3, 0.4) is 0 Å². The number of benzene rings is 1. The summed E-state index contributed by atoms with van der Waals surface area (Å²) in [5, 5.41) is 0. The van der Waals surface area contributed by atoms with Crippen LogP contribution in [0.25, 0.3) is 0 Å². The Morgan fingerprint density at radius 2 is 2.00 bits per heavy atom. The molecule has 1 aromatic carbocycles. The molecule has 1 aromatic heterocycles. The molecule has 0 amide bonds. The normalized spacial score (nSPS) is 10.8. The van der Waals surface area contributed by atoms with Crippen LogP contribution >= 0.6 is 0 Å². The molecule has 0 aliphatic rings. The minimum atomic E-state index is -0.0492. The minimum Gasteiger partial charge on any atom is -0.461 e. The van der Waals surface area contributed by atoms with Crippen LogP contribution in [0.4, 0.5) is 0 Å². The third-order valence-electron chi connectivity index (χ3n) is 2.32. The molecule has 2 aromatic rings. The highest BCUT2D eigenvalue weighted by Crippen LogP contribution is 2.03. The second-order valence-electron chi connectivity index (χ2n) is 3.61. The predicted molar refractivity (Wildman–Crippen MR) is 66.3 cm³/mol. The van der Waals surface area contributed by atoms with Crippen molar-refractivity contribution in [1.82, 2.24) is 0 Å². The predicted octanol–water partition coefficient (Wildman–Crippen LogP) is 3.12. The highest BCUT2D eigenvalue weighted by molar-refractivity contribution is 6.01. The van der Waals surface area contributed by atoms with E-state index in [1.807, 2.05) is 30.3 Å². The van der Waals surface area contributed by atoms with Gasteiger partial charge in [0.1, 0.15) is 0 Å². The standard InChI is InChI=1S/C14H13NO2/c16-13(14-7-4-10-17-14)8-9-15-11-12-5-2-1-3-6-12/h1-7,9-10H,8,11H2. The first-order valence-electron chi connectivity index (χ1n) is 5.45. The van der Waals surface area contributed by atoms with Crippen molar-refractivity contribution >= 4 is 12.0 Å². The Kier molecular flexibility index (Phi) is 3.86. The van der Waals surface area contributed by atoms with Crippen LogP contribution in [0.2, 0.25) is 0 Å². The summed E-state index contributed by atoms with van der Waals surface area (Å²) >= 11 is 0. The Morgan fingerprint density at radius 3 is 2.71 bits per heavy atom. The molecular weight excluding hydrogens is 214 g/mol. The van der Waals surface area contributed by atoms with Crippen LogP contribution in [-0.2, 0) is 6.54 Å². The van der Waals surface area contributed by atoms with Crippen molar-refractivity contribution in [3.63, 3.8) is 0 Å². The molecule has 0 saturated heterocycles. The SMILES string of the molecule is O=C(CC=NCc1ccccc1)c1ccco1. The second-order valence-corrected chi connectivity index (χ2v) is 3.61. The molecule has 0 aliphatic heterocycles. The van der Waals surface area contributed by atoms with E-state index >= 15 is 0 Å². The topological polar surface area (TPSA) is 42.6 Å². The number of rotatable bonds is 5. The number of hydrogen-bond acceptors (Lipinski definition) is 3. The molecule has 0 atom stereocenters. The summed E-state index contributed by atoms with van der Waals surface area (Å²) in [5.74, 6) is 0.336. The van der Waals surface area contributed by atoms with Gasteiger partial charge < -0.3 is 4.42 Å². The zero-order valence-electron chi connectivity index (χ0n) is 9.37. The van der Waals surface area contributed by atoms with Crippen molar-refractivity contribution in [2.45, 2.75) is 13.0 Å². The van der Waals surface area contributed by atoms with Gasteiger partial charge in [0.15, 0.2) is 5.76 Å². The van der Waals surface area contributed by atoms with Crippen molar-refractivity contribution in [1.29, 1.82) is 0 Å². The molecule has 3 heteroatoms. The molecule has 0 bridgehead atoms. The summed E-state index contributed by atoms with van der Waals surface area (Å²) in [7, 11) is 0. The van der Waals surface area contributed by atoms with Gasteiger partial charge in [0.2, 0.25) is 5.78 Å². The number of furan rings is 1. The van der Waals surface area contributed by atoms with Crippen LogP contribution in [0, 0.1) is 0 Å². The molecule has 3 nitrogen and oxygen atoms in total. The van der Waals surface area contributed by atoms with E-state index in [9.17, 15) is 4.79 Å². The average molecular weight is 227 g/mol. The Morgan fingerprint density at radius 1 is 1.18 bits per heavy atom. The second kappa shape index (κ2) is 5.80. The zero-order valence-corrected chi connectivity index (χ0v) is 9.37. The minimum absolute atomic E-state index is 0.0492. The summed E-state index contributed by atoms with van der Waals surface area (Å²) in [6.07, 6.45) is 3.41. The smallest absolute Gasteiger partial charge is 0.203 e. The lowest BCUT2D eigenvalue weighted by atomic mass is 10.2. The number of hydrogen-bond donors (Lipinski definition) is 0. The molecule has 0 radical (unpaired) electrons. The molecule has 0 aliphatic carbocycles. The fraction of sp³-hybridized carbons (Fsp3) is 0.143. The Hall–Kier alpha value is -2.16. The number of ketones is 1. The Bertz CT molecular complexity index is 486. The van der Waals surface area contributed by atoms with Gasteiger partial charge in [-0.05, 0) is 17.7 Å². The first-order valence-corrected chi connectivity index (χ1v) is 5.45. The van der Waals surface area contributed by atoms with Crippen LogP contribution in [0.1, 0.15) is 22.5 Å². The van der Waals surface area contributed by atoms with Crippen molar-refractivity contribution in [3.8, 4) is 0 Å². The van der Waals surface area contributed by atoms with Gasteiger partial charge in [0.25, 0.3) is 0 Å². The highest BCUT2D eigenvalue weighted by atomic mass is 16.3. The van der Waals surface area contributed by atoms with E-state index in [4.69, 9.17) is 4.42 Å². The Balaban J connectivity index is 1.81. The van der Waals surface area contributed by atoms with Crippen molar-refractivity contribution < 1.29 is 9.21 Å². The summed E-state index contributed by atoms with van der Waals surface area (Å²) in [4.78, 5) is 15.7. The monoisotopic (exact) mass is 227 g/mol. The summed E-state index contributed by atoms with van der Waals surface area (Å²) in [6.45, 7) is 0.603. The van der Waals surface area contributed by atoms with E-state index in [2.05, 4.69) is 4.99 Å². The van der Waals surface area contributed by atoms with E-state index < -0.39 is 0 Å². The molecule has 0 fully saturated rings. The lowest BCUT2D eigenvalue weighted by molar-refractivity contribution is 0.0975. The lowest BCUT2D eigenvalue weighted by Gasteiger charge is -1.94. The van der Waals surface area contributed by atoms with Crippen molar-refractivity contribution in [3.05, 3.63) is 60.1 Å². The fourth-order valence-corrected chi connectivity index (χ4v) is 1.44. The lowest BCUT2D eigenvalue weighted by Crippen LogP contribution is -1.97. The molecule has 0 saturated carbocycles. The van der Waals surface area contributed by atoms with Gasteiger partial charge in [0, 0.05) is 12.6 Å². The van der Waals surface area contributed by atoms with Gasteiger partial charge >= 0.3 is 0 Å². The third kappa shape index (κ3) is 3.41. The number of carbonyl (C=O) groups excluding carboxylic acids is 1. The van der Waals surface area contributed by atoms with Gasteiger partial charge in [-0.25, -0.2) is 0 Å². The molecule has 1 heterocycles. The molecule has 0 N–H and O–H groups in total. The first-order chi connectivity index (χ1) is 8.36. The number of nitrogens with zero attached hydrogens (tertiary/aromatic N) is 1. The van der Waals surface area contributed by atoms with Crippen LogP contribution < -0.4 is 0 Å². The van der Waals surface area contributed by atoms with Crippen LogP contribution in [0.15, 0.2) is 58.1 Å². The van der Waals surface area contributed by atoms with E-state index in [1.165, 1.54) is 6.26 Å². The van der Waals surface area contributed by atoms with Gasteiger partial charge in [-0.15, -0.1) is 0 Å². The van der Waals surface area contributed by atoms with E-state index in [1.54, 1.807) is 18.3 Å². The number of aliphatic imine (C=N–C) groups is 1. The molecule has 0 unspecified atom stereocenters. The maximum absolute atomic E-state index is 11.5. The maximum Gasteiger partial charge on any atom is 0.203 e. The molecule has 0 spiro atoms. The number of Topliss-reactive ketones (excluding diaryl/α,β-unsaturated/α-hetero) is 1. The van der Waals surface area contributed by atoms with E-state index in [0.29, 0.717) is 12.3 Å². The Labute approximate surface area is 99.8 Å². The van der Waals surface area contributed by atoms with Crippen LogP contribution in [0.5, 0.6) is 0 Å².